The molecular formula is C25H38N4O3. The first-order chi connectivity index (χ1) is 15.5. The lowest BCUT2D eigenvalue weighted by molar-refractivity contribution is 0.261. The van der Waals surface area contributed by atoms with E-state index in [1.165, 1.54) is 5.56 Å². The molecule has 2 N–H and O–H groups in total. The van der Waals surface area contributed by atoms with Crippen LogP contribution < -0.4 is 24.8 Å². The molecule has 0 aliphatic rings. The summed E-state index contributed by atoms with van der Waals surface area (Å²) < 4.78 is 17.2. The summed E-state index contributed by atoms with van der Waals surface area (Å²) in [5, 5.41) is 6.73. The lowest BCUT2D eigenvalue weighted by atomic mass is 10.1. The second-order valence-corrected chi connectivity index (χ2v) is 7.55. The largest absolute Gasteiger partial charge is 0.492 e. The monoisotopic (exact) mass is 442 g/mol. The first-order valence-corrected chi connectivity index (χ1v) is 11.2. The Kier molecular flexibility index (Phi) is 11.2. The Morgan fingerprint density at radius 1 is 0.906 bits per heavy atom. The zero-order valence-corrected chi connectivity index (χ0v) is 20.1. The third-order valence-corrected chi connectivity index (χ3v) is 4.70. The van der Waals surface area contributed by atoms with Crippen LogP contribution in [0.2, 0.25) is 0 Å². The van der Waals surface area contributed by atoms with Crippen molar-refractivity contribution in [1.82, 2.24) is 15.5 Å². The quantitative estimate of drug-likeness (QED) is 0.366. The third kappa shape index (κ3) is 9.06. The van der Waals surface area contributed by atoms with Crippen LogP contribution in [0, 0.1) is 0 Å². The fraction of sp³-hybridized carbons (Fsp3) is 0.480. The predicted molar refractivity (Wildman–Crippen MR) is 131 cm³/mol. The Morgan fingerprint density at radius 2 is 1.69 bits per heavy atom. The average Bonchev–Trinajstić information content (AvgIpc) is 2.78. The molecule has 0 radical (unpaired) electrons. The van der Waals surface area contributed by atoms with E-state index in [0.29, 0.717) is 26.4 Å². The standard InChI is InChI=1S/C25H38N4O3/c1-6-30-23-12-11-20(18-24(23)31-7-2)13-14-27-25(26-3)28-19-21-9-8-10-22(17-21)32-16-15-29(4)5/h8-12,17-18H,6-7,13-16,19H2,1-5H3,(H2,26,27,28). The Balaban J connectivity index is 1.82. The molecule has 0 atom stereocenters. The van der Waals surface area contributed by atoms with E-state index in [4.69, 9.17) is 14.2 Å². The van der Waals surface area contributed by atoms with Gasteiger partial charge < -0.3 is 29.7 Å². The van der Waals surface area contributed by atoms with Crippen LogP contribution in [0.25, 0.3) is 0 Å². The van der Waals surface area contributed by atoms with Gasteiger partial charge in [-0.15, -0.1) is 0 Å². The highest BCUT2D eigenvalue weighted by Gasteiger charge is 2.07. The molecule has 0 amide bonds. The molecule has 7 nitrogen and oxygen atoms in total. The van der Waals surface area contributed by atoms with Gasteiger partial charge >= 0.3 is 0 Å². The molecule has 2 rings (SSSR count). The van der Waals surface area contributed by atoms with E-state index in [9.17, 15) is 0 Å². The zero-order valence-electron chi connectivity index (χ0n) is 20.1. The van der Waals surface area contributed by atoms with Crippen LogP contribution in [0.1, 0.15) is 25.0 Å². The van der Waals surface area contributed by atoms with Crippen molar-refractivity contribution in [2.75, 3.05) is 54.1 Å². The van der Waals surface area contributed by atoms with Crippen molar-refractivity contribution in [3.63, 3.8) is 0 Å². The molecule has 0 bridgehead atoms. The van der Waals surface area contributed by atoms with Crippen LogP contribution in [0.3, 0.4) is 0 Å². The Labute approximate surface area is 192 Å². The van der Waals surface area contributed by atoms with Gasteiger partial charge in [-0.05, 0) is 69.8 Å². The number of likely N-dealkylation sites (N-methyl/N-ethyl adjacent to an activating group) is 1. The van der Waals surface area contributed by atoms with E-state index in [2.05, 4.69) is 38.7 Å². The number of guanidine groups is 1. The van der Waals surface area contributed by atoms with E-state index in [-0.39, 0.29) is 0 Å². The fourth-order valence-electron chi connectivity index (χ4n) is 3.07. The lowest BCUT2D eigenvalue weighted by Gasteiger charge is -2.15. The molecule has 0 heterocycles. The number of benzene rings is 2. The smallest absolute Gasteiger partial charge is 0.191 e. The first-order valence-electron chi connectivity index (χ1n) is 11.2. The molecule has 0 aliphatic heterocycles. The van der Waals surface area contributed by atoms with Crippen molar-refractivity contribution in [2.45, 2.75) is 26.8 Å². The van der Waals surface area contributed by atoms with E-state index >= 15 is 0 Å². The molecule has 32 heavy (non-hydrogen) atoms. The molecule has 2 aromatic carbocycles. The molecule has 2 aromatic rings. The summed E-state index contributed by atoms with van der Waals surface area (Å²) in [7, 11) is 5.85. The van der Waals surface area contributed by atoms with Crippen LogP contribution in [-0.4, -0.2) is 64.9 Å². The number of aliphatic imine (C=N–C) groups is 1. The van der Waals surface area contributed by atoms with Crippen LogP contribution in [0.15, 0.2) is 47.5 Å². The van der Waals surface area contributed by atoms with Crippen molar-refractivity contribution in [2.24, 2.45) is 4.99 Å². The van der Waals surface area contributed by atoms with Gasteiger partial charge in [0.05, 0.1) is 13.2 Å². The normalized spacial score (nSPS) is 11.4. The summed E-state index contributed by atoms with van der Waals surface area (Å²) in [5.41, 5.74) is 2.32. The summed E-state index contributed by atoms with van der Waals surface area (Å²) in [6.45, 7) is 8.17. The maximum atomic E-state index is 5.82. The molecule has 0 saturated heterocycles. The Morgan fingerprint density at radius 3 is 2.41 bits per heavy atom. The van der Waals surface area contributed by atoms with Crippen LogP contribution in [-0.2, 0) is 13.0 Å². The van der Waals surface area contributed by atoms with Crippen LogP contribution in [0.4, 0.5) is 0 Å². The summed E-state index contributed by atoms with van der Waals surface area (Å²) in [6.07, 6.45) is 0.850. The van der Waals surface area contributed by atoms with Crippen molar-refractivity contribution in [3.8, 4) is 17.2 Å². The highest BCUT2D eigenvalue weighted by molar-refractivity contribution is 5.79. The number of hydrogen-bond acceptors (Lipinski definition) is 5. The Hall–Kier alpha value is -2.93. The molecule has 0 unspecified atom stereocenters. The van der Waals surface area contributed by atoms with Crippen molar-refractivity contribution in [3.05, 3.63) is 53.6 Å². The minimum atomic E-state index is 0.611. The van der Waals surface area contributed by atoms with Gasteiger partial charge in [-0.1, -0.05) is 18.2 Å². The molecule has 0 fully saturated rings. The third-order valence-electron chi connectivity index (χ3n) is 4.70. The lowest BCUT2D eigenvalue weighted by Crippen LogP contribution is -2.37. The van der Waals surface area contributed by atoms with Crippen molar-refractivity contribution in [1.29, 1.82) is 0 Å². The second-order valence-electron chi connectivity index (χ2n) is 7.55. The highest BCUT2D eigenvalue weighted by Crippen LogP contribution is 2.28. The number of hydrogen-bond donors (Lipinski definition) is 2. The average molecular weight is 443 g/mol. The molecule has 0 saturated carbocycles. The predicted octanol–water partition coefficient (Wildman–Crippen LogP) is 3.33. The van der Waals surface area contributed by atoms with Crippen molar-refractivity contribution >= 4 is 5.96 Å². The molecule has 7 heteroatoms. The molecule has 0 spiro atoms. The minimum Gasteiger partial charge on any atom is -0.492 e. The van der Waals surface area contributed by atoms with E-state index in [1.807, 2.05) is 52.2 Å². The zero-order chi connectivity index (χ0) is 23.2. The first kappa shape index (κ1) is 25.3. The van der Waals surface area contributed by atoms with Gasteiger partial charge in [0.2, 0.25) is 0 Å². The maximum absolute atomic E-state index is 5.82. The SMILES string of the molecule is CCOc1ccc(CCNC(=NC)NCc2cccc(OCCN(C)C)c2)cc1OCC. The number of nitrogens with zero attached hydrogens (tertiary/aromatic N) is 2. The van der Waals surface area contributed by atoms with Gasteiger partial charge in [0.1, 0.15) is 12.4 Å². The second kappa shape index (κ2) is 14.2. The van der Waals surface area contributed by atoms with Crippen LogP contribution in [0.5, 0.6) is 17.2 Å². The Bertz CT molecular complexity index is 840. The van der Waals surface area contributed by atoms with E-state index in [1.54, 1.807) is 7.05 Å². The van der Waals surface area contributed by atoms with Gasteiger partial charge in [-0.3, -0.25) is 4.99 Å². The molecular weight excluding hydrogens is 404 g/mol. The molecule has 176 valence electrons. The number of nitrogens with one attached hydrogen (secondary N) is 2. The number of rotatable bonds is 13. The van der Waals surface area contributed by atoms with Gasteiger partial charge in [0.15, 0.2) is 17.5 Å². The van der Waals surface area contributed by atoms with Gasteiger partial charge in [-0.25, -0.2) is 0 Å². The van der Waals surface area contributed by atoms with E-state index < -0.39 is 0 Å². The maximum Gasteiger partial charge on any atom is 0.191 e. The van der Waals surface area contributed by atoms with Gasteiger partial charge in [-0.2, -0.15) is 0 Å². The summed E-state index contributed by atoms with van der Waals surface area (Å²) in [6, 6.07) is 14.2. The number of ether oxygens (including phenoxy) is 3. The topological polar surface area (TPSA) is 67.3 Å². The van der Waals surface area contributed by atoms with E-state index in [0.717, 1.165) is 48.3 Å². The molecule has 0 aliphatic carbocycles. The summed E-state index contributed by atoms with van der Waals surface area (Å²) >= 11 is 0. The minimum absolute atomic E-state index is 0.611. The fourth-order valence-corrected chi connectivity index (χ4v) is 3.07. The van der Waals surface area contributed by atoms with Crippen LogP contribution >= 0.6 is 0 Å². The molecule has 0 aromatic heterocycles. The highest BCUT2D eigenvalue weighted by atomic mass is 16.5. The summed E-state index contributed by atoms with van der Waals surface area (Å²) in [4.78, 5) is 6.43. The van der Waals surface area contributed by atoms with Gasteiger partial charge in [0.25, 0.3) is 0 Å². The van der Waals surface area contributed by atoms with Crippen molar-refractivity contribution < 1.29 is 14.2 Å². The summed E-state index contributed by atoms with van der Waals surface area (Å²) in [5.74, 6) is 3.23. The van der Waals surface area contributed by atoms with Gasteiger partial charge in [0, 0.05) is 26.7 Å².